The summed E-state index contributed by atoms with van der Waals surface area (Å²) in [7, 11) is 0. The van der Waals surface area contributed by atoms with Crippen molar-refractivity contribution in [3.8, 4) is 0 Å². The Kier molecular flexibility index (Phi) is 5.06. The molecule has 3 nitrogen and oxygen atoms in total. The molecular formula is C11H14Cl2N2O. The molecule has 16 heavy (non-hydrogen) atoms. The molecule has 0 radical (unpaired) electrons. The van der Waals surface area contributed by atoms with Crippen molar-refractivity contribution in [2.45, 2.75) is 6.92 Å². The number of hydrogen-bond acceptors (Lipinski definition) is 2. The van der Waals surface area contributed by atoms with Crippen LogP contribution in [0.2, 0.25) is 10.0 Å². The highest BCUT2D eigenvalue weighted by molar-refractivity contribution is 6.36. The molecule has 0 fully saturated rings. The van der Waals surface area contributed by atoms with E-state index in [0.717, 1.165) is 0 Å². The van der Waals surface area contributed by atoms with E-state index in [1.165, 1.54) is 0 Å². The summed E-state index contributed by atoms with van der Waals surface area (Å²) in [5.41, 5.74) is 5.88. The minimum absolute atomic E-state index is 0.207. The molecule has 1 aromatic carbocycles. The van der Waals surface area contributed by atoms with E-state index in [-0.39, 0.29) is 11.8 Å². The maximum Gasteiger partial charge on any atom is 0.252 e. The molecule has 0 spiro atoms. The number of nitrogens with two attached hydrogens (primary N) is 1. The summed E-state index contributed by atoms with van der Waals surface area (Å²) in [6, 6.07) is 4.78. The van der Waals surface area contributed by atoms with Gasteiger partial charge in [0.25, 0.3) is 5.91 Å². The van der Waals surface area contributed by atoms with Gasteiger partial charge in [0.2, 0.25) is 0 Å². The zero-order valence-electron chi connectivity index (χ0n) is 8.97. The summed E-state index contributed by atoms with van der Waals surface area (Å²) in [5.74, 6) is 0.0389. The van der Waals surface area contributed by atoms with Crippen molar-refractivity contribution in [2.24, 2.45) is 11.7 Å². The van der Waals surface area contributed by atoms with Crippen LogP contribution in [-0.2, 0) is 0 Å². The smallest absolute Gasteiger partial charge is 0.252 e. The first-order valence-electron chi connectivity index (χ1n) is 4.98. The molecule has 1 aromatic rings. The molecule has 0 heterocycles. The fraction of sp³-hybridized carbons (Fsp3) is 0.364. The van der Waals surface area contributed by atoms with Crippen molar-refractivity contribution in [3.63, 3.8) is 0 Å². The molecule has 0 bridgehead atoms. The van der Waals surface area contributed by atoms with Gasteiger partial charge in [0.1, 0.15) is 0 Å². The van der Waals surface area contributed by atoms with Gasteiger partial charge in [0.05, 0.1) is 10.6 Å². The molecule has 1 rings (SSSR count). The molecule has 1 unspecified atom stereocenters. The third kappa shape index (κ3) is 3.67. The van der Waals surface area contributed by atoms with E-state index in [1.807, 2.05) is 6.92 Å². The Bertz CT molecular complexity index is 382. The van der Waals surface area contributed by atoms with Gasteiger partial charge in [-0.1, -0.05) is 30.1 Å². The molecule has 1 atom stereocenters. The highest BCUT2D eigenvalue weighted by Gasteiger charge is 2.11. The zero-order chi connectivity index (χ0) is 12.1. The van der Waals surface area contributed by atoms with Crippen LogP contribution in [0.15, 0.2) is 18.2 Å². The summed E-state index contributed by atoms with van der Waals surface area (Å²) in [4.78, 5) is 11.7. The number of carbonyl (C=O) groups is 1. The molecule has 0 saturated heterocycles. The summed E-state index contributed by atoms with van der Waals surface area (Å²) in [6.45, 7) is 3.03. The van der Waals surface area contributed by atoms with Crippen LogP contribution in [0.3, 0.4) is 0 Å². The second-order valence-corrected chi connectivity index (χ2v) is 4.52. The standard InChI is InChI=1S/C11H14Cl2N2O/c1-7(5-14)6-15-11(16)9-3-2-8(12)4-10(9)13/h2-4,7H,5-6,14H2,1H3,(H,15,16). The Morgan fingerprint density at radius 3 is 2.75 bits per heavy atom. The lowest BCUT2D eigenvalue weighted by Gasteiger charge is -2.10. The minimum Gasteiger partial charge on any atom is -0.352 e. The lowest BCUT2D eigenvalue weighted by atomic mass is 10.1. The first-order chi connectivity index (χ1) is 7.54. The van der Waals surface area contributed by atoms with Gasteiger partial charge in [0.15, 0.2) is 0 Å². The normalized spacial score (nSPS) is 12.2. The van der Waals surface area contributed by atoms with Crippen molar-refractivity contribution < 1.29 is 4.79 Å². The Labute approximate surface area is 105 Å². The van der Waals surface area contributed by atoms with Crippen molar-refractivity contribution in [2.75, 3.05) is 13.1 Å². The molecule has 88 valence electrons. The summed E-state index contributed by atoms with van der Waals surface area (Å²) in [6.07, 6.45) is 0. The van der Waals surface area contributed by atoms with Crippen LogP contribution in [0.5, 0.6) is 0 Å². The fourth-order valence-corrected chi connectivity index (χ4v) is 1.61. The average molecular weight is 261 g/mol. The number of carbonyl (C=O) groups excluding carboxylic acids is 1. The lowest BCUT2D eigenvalue weighted by Crippen LogP contribution is -2.31. The molecule has 0 aliphatic rings. The Balaban J connectivity index is 2.66. The van der Waals surface area contributed by atoms with Crippen molar-refractivity contribution in [3.05, 3.63) is 33.8 Å². The lowest BCUT2D eigenvalue weighted by molar-refractivity contribution is 0.0948. The number of benzene rings is 1. The van der Waals surface area contributed by atoms with Gasteiger partial charge in [-0.05, 0) is 30.7 Å². The molecule has 0 aliphatic heterocycles. The Hall–Kier alpha value is -0.770. The highest BCUT2D eigenvalue weighted by Crippen LogP contribution is 2.20. The van der Waals surface area contributed by atoms with E-state index in [4.69, 9.17) is 28.9 Å². The predicted octanol–water partition coefficient (Wildman–Crippen LogP) is 2.32. The van der Waals surface area contributed by atoms with E-state index in [2.05, 4.69) is 5.32 Å². The third-order valence-corrected chi connectivity index (χ3v) is 2.74. The topological polar surface area (TPSA) is 55.1 Å². The third-order valence-electron chi connectivity index (χ3n) is 2.19. The average Bonchev–Trinajstić information content (AvgIpc) is 2.25. The number of rotatable bonds is 4. The first kappa shape index (κ1) is 13.3. The first-order valence-corrected chi connectivity index (χ1v) is 5.73. The van der Waals surface area contributed by atoms with Crippen LogP contribution in [0.1, 0.15) is 17.3 Å². The monoisotopic (exact) mass is 260 g/mol. The molecule has 1 amide bonds. The number of amides is 1. The number of halogens is 2. The van der Waals surface area contributed by atoms with Gasteiger partial charge in [-0.2, -0.15) is 0 Å². The summed E-state index contributed by atoms with van der Waals surface area (Å²) in [5, 5.41) is 3.63. The summed E-state index contributed by atoms with van der Waals surface area (Å²) < 4.78 is 0. The van der Waals surface area contributed by atoms with Crippen LogP contribution in [0.4, 0.5) is 0 Å². The number of hydrogen-bond donors (Lipinski definition) is 2. The van der Waals surface area contributed by atoms with Crippen LogP contribution in [-0.4, -0.2) is 19.0 Å². The quantitative estimate of drug-likeness (QED) is 0.873. The van der Waals surface area contributed by atoms with Gasteiger partial charge in [-0.3, -0.25) is 4.79 Å². The second kappa shape index (κ2) is 6.09. The largest absolute Gasteiger partial charge is 0.352 e. The molecule has 3 N–H and O–H groups in total. The molecule has 0 aromatic heterocycles. The molecule has 0 saturated carbocycles. The van der Waals surface area contributed by atoms with Gasteiger partial charge in [0, 0.05) is 11.6 Å². The summed E-state index contributed by atoms with van der Waals surface area (Å²) >= 11 is 11.6. The maximum absolute atomic E-state index is 11.7. The van der Waals surface area contributed by atoms with E-state index in [1.54, 1.807) is 18.2 Å². The fourth-order valence-electron chi connectivity index (χ4n) is 1.12. The predicted molar refractivity (Wildman–Crippen MR) is 67.0 cm³/mol. The zero-order valence-corrected chi connectivity index (χ0v) is 10.5. The van der Waals surface area contributed by atoms with Crippen molar-refractivity contribution in [1.29, 1.82) is 0 Å². The minimum atomic E-state index is -0.207. The van der Waals surface area contributed by atoms with Crippen molar-refractivity contribution >= 4 is 29.1 Å². The SMILES string of the molecule is CC(CN)CNC(=O)c1ccc(Cl)cc1Cl. The van der Waals surface area contributed by atoms with Crippen molar-refractivity contribution in [1.82, 2.24) is 5.32 Å². The second-order valence-electron chi connectivity index (χ2n) is 3.68. The molecule has 0 aliphatic carbocycles. The molecule has 5 heteroatoms. The van der Waals surface area contributed by atoms with E-state index in [0.29, 0.717) is 28.7 Å². The highest BCUT2D eigenvalue weighted by atomic mass is 35.5. The Morgan fingerprint density at radius 1 is 1.50 bits per heavy atom. The van der Waals surface area contributed by atoms with Crippen LogP contribution in [0.25, 0.3) is 0 Å². The van der Waals surface area contributed by atoms with Crippen LogP contribution in [0, 0.1) is 5.92 Å². The van der Waals surface area contributed by atoms with Gasteiger partial charge < -0.3 is 11.1 Å². The van der Waals surface area contributed by atoms with Gasteiger partial charge in [-0.25, -0.2) is 0 Å². The van der Waals surface area contributed by atoms with E-state index in [9.17, 15) is 4.79 Å². The maximum atomic E-state index is 11.7. The number of nitrogens with one attached hydrogen (secondary N) is 1. The van der Waals surface area contributed by atoms with Crippen LogP contribution >= 0.6 is 23.2 Å². The van der Waals surface area contributed by atoms with E-state index < -0.39 is 0 Å². The van der Waals surface area contributed by atoms with Gasteiger partial charge >= 0.3 is 0 Å². The molecular weight excluding hydrogens is 247 g/mol. The van der Waals surface area contributed by atoms with E-state index >= 15 is 0 Å². The van der Waals surface area contributed by atoms with Crippen LogP contribution < -0.4 is 11.1 Å². The van der Waals surface area contributed by atoms with Gasteiger partial charge in [-0.15, -0.1) is 0 Å². The Morgan fingerprint density at radius 2 is 2.19 bits per heavy atom.